The van der Waals surface area contributed by atoms with Gasteiger partial charge in [0.1, 0.15) is 0 Å². The Morgan fingerprint density at radius 1 is 1.11 bits per heavy atom. The van der Waals surface area contributed by atoms with Crippen LogP contribution >= 0.6 is 0 Å². The van der Waals surface area contributed by atoms with Gasteiger partial charge in [-0.25, -0.2) is 4.99 Å². The van der Waals surface area contributed by atoms with Gasteiger partial charge < -0.3 is 16.0 Å². The van der Waals surface area contributed by atoms with Gasteiger partial charge in [0.2, 0.25) is 18.0 Å². The van der Waals surface area contributed by atoms with E-state index in [4.69, 9.17) is 10.7 Å². The minimum absolute atomic E-state index is 0.140. The van der Waals surface area contributed by atoms with Crippen LogP contribution in [0, 0.1) is 17.8 Å². The Hall–Kier alpha value is -3.74. The number of hydrogen-bond donors (Lipinski definition) is 2. The van der Waals surface area contributed by atoms with Crippen molar-refractivity contribution in [1.29, 1.82) is 0 Å². The third-order valence-corrected chi connectivity index (χ3v) is 6.32. The predicted molar refractivity (Wildman–Crippen MR) is 144 cm³/mol. The van der Waals surface area contributed by atoms with E-state index >= 15 is 0 Å². The van der Waals surface area contributed by atoms with Gasteiger partial charge >= 0.3 is 0 Å². The topological polar surface area (TPSA) is 105 Å². The SMILES string of the molecule is C=CC[C@H](C(N)=O)[C@H](CC(C)C)C(=O)N[C@H]1N=C(c2ccccc2)c2ccccc2N(CCC)C1=O. The van der Waals surface area contributed by atoms with Crippen molar-refractivity contribution in [2.24, 2.45) is 28.5 Å². The number of para-hydroxylation sites is 1. The lowest BCUT2D eigenvalue weighted by atomic mass is 9.82. The highest BCUT2D eigenvalue weighted by Gasteiger charge is 2.37. The van der Waals surface area contributed by atoms with Crippen molar-refractivity contribution in [2.75, 3.05) is 11.4 Å². The Kier molecular flexibility index (Phi) is 9.17. The molecule has 3 amide bonds. The zero-order valence-electron chi connectivity index (χ0n) is 21.3. The van der Waals surface area contributed by atoms with Crippen molar-refractivity contribution in [3.05, 3.63) is 78.4 Å². The summed E-state index contributed by atoms with van der Waals surface area (Å²) in [4.78, 5) is 46.1. The van der Waals surface area contributed by atoms with Crippen LogP contribution in [0.3, 0.4) is 0 Å². The number of amides is 3. The summed E-state index contributed by atoms with van der Waals surface area (Å²) in [6.07, 6.45) is 1.92. The Bertz CT molecular complexity index is 1130. The molecule has 190 valence electrons. The van der Waals surface area contributed by atoms with E-state index < -0.39 is 29.8 Å². The fourth-order valence-electron chi connectivity index (χ4n) is 4.67. The van der Waals surface area contributed by atoms with E-state index in [0.717, 1.165) is 23.2 Å². The smallest absolute Gasteiger partial charge is 0.272 e. The number of benzene rings is 2. The Labute approximate surface area is 213 Å². The van der Waals surface area contributed by atoms with Crippen molar-refractivity contribution >= 4 is 29.1 Å². The molecule has 0 fully saturated rings. The molecule has 3 atom stereocenters. The number of benzodiazepines with no additional fused rings is 1. The van der Waals surface area contributed by atoms with Crippen molar-refractivity contribution in [3.63, 3.8) is 0 Å². The zero-order chi connectivity index (χ0) is 26.2. The summed E-state index contributed by atoms with van der Waals surface area (Å²) in [5.74, 6) is -2.56. The Morgan fingerprint density at radius 2 is 1.78 bits per heavy atom. The molecular formula is C29H36N4O3. The normalized spacial score (nSPS) is 17.0. The van der Waals surface area contributed by atoms with E-state index in [1.807, 2.05) is 75.4 Å². The Balaban J connectivity index is 2.08. The summed E-state index contributed by atoms with van der Waals surface area (Å²) in [5, 5.41) is 2.87. The standard InChI is InChI=1S/C29H36N4O3/c1-5-12-21(26(30)34)23(18-19(3)4)28(35)32-27-29(36)33(17-6-2)24-16-11-10-15-22(24)25(31-27)20-13-8-7-9-14-20/h5,7-11,13-16,19,21,23,27H,1,6,12,17-18H2,2-4H3,(H2,30,34)(H,32,35)/t21-,23-,27+/m0/s1. The number of nitrogens with two attached hydrogens (primary N) is 1. The van der Waals surface area contributed by atoms with Gasteiger partial charge in [-0.15, -0.1) is 6.58 Å². The average molecular weight is 489 g/mol. The van der Waals surface area contributed by atoms with E-state index in [0.29, 0.717) is 18.7 Å². The summed E-state index contributed by atoms with van der Waals surface area (Å²) < 4.78 is 0. The van der Waals surface area contributed by atoms with E-state index in [2.05, 4.69) is 11.9 Å². The molecule has 1 aliphatic heterocycles. The van der Waals surface area contributed by atoms with Gasteiger partial charge in [0, 0.05) is 17.7 Å². The highest BCUT2D eigenvalue weighted by atomic mass is 16.2. The van der Waals surface area contributed by atoms with Gasteiger partial charge in [0.05, 0.1) is 23.2 Å². The zero-order valence-corrected chi connectivity index (χ0v) is 21.3. The van der Waals surface area contributed by atoms with Crippen LogP contribution in [0.5, 0.6) is 0 Å². The molecule has 0 spiro atoms. The number of anilines is 1. The van der Waals surface area contributed by atoms with E-state index in [-0.39, 0.29) is 18.2 Å². The summed E-state index contributed by atoms with van der Waals surface area (Å²) in [7, 11) is 0. The molecule has 1 aliphatic rings. The first-order valence-corrected chi connectivity index (χ1v) is 12.5. The third kappa shape index (κ3) is 6.08. The fourth-order valence-corrected chi connectivity index (χ4v) is 4.67. The van der Waals surface area contributed by atoms with Crippen LogP contribution in [0.15, 0.2) is 72.2 Å². The molecule has 0 saturated carbocycles. The van der Waals surface area contributed by atoms with E-state index in [1.54, 1.807) is 11.0 Å². The molecule has 7 heteroatoms. The lowest BCUT2D eigenvalue weighted by Crippen LogP contribution is -2.51. The number of rotatable bonds is 11. The van der Waals surface area contributed by atoms with E-state index in [9.17, 15) is 14.4 Å². The number of carbonyl (C=O) groups is 3. The molecule has 0 bridgehead atoms. The highest BCUT2D eigenvalue weighted by Crippen LogP contribution is 2.29. The second kappa shape index (κ2) is 12.3. The first-order valence-electron chi connectivity index (χ1n) is 12.5. The van der Waals surface area contributed by atoms with Crippen molar-refractivity contribution in [3.8, 4) is 0 Å². The monoisotopic (exact) mass is 488 g/mol. The van der Waals surface area contributed by atoms with Gasteiger partial charge in [-0.05, 0) is 31.2 Å². The lowest BCUT2D eigenvalue weighted by Gasteiger charge is -2.28. The first kappa shape index (κ1) is 26.9. The molecule has 3 N–H and O–H groups in total. The number of fused-ring (bicyclic) bond motifs is 1. The maximum atomic E-state index is 13.8. The molecule has 0 aliphatic carbocycles. The van der Waals surface area contributed by atoms with Crippen LogP contribution in [-0.4, -0.2) is 36.1 Å². The van der Waals surface area contributed by atoms with Gasteiger partial charge in [0.15, 0.2) is 0 Å². The minimum Gasteiger partial charge on any atom is -0.369 e. The van der Waals surface area contributed by atoms with Crippen LogP contribution < -0.4 is 16.0 Å². The minimum atomic E-state index is -1.14. The molecule has 1 heterocycles. The molecule has 0 radical (unpaired) electrons. The number of nitrogens with zero attached hydrogens (tertiary/aromatic N) is 2. The van der Waals surface area contributed by atoms with Crippen molar-refractivity contribution < 1.29 is 14.4 Å². The molecule has 36 heavy (non-hydrogen) atoms. The second-order valence-electron chi connectivity index (χ2n) is 9.53. The molecule has 7 nitrogen and oxygen atoms in total. The van der Waals surface area contributed by atoms with Gasteiger partial charge in [-0.2, -0.15) is 0 Å². The first-order chi connectivity index (χ1) is 17.3. The largest absolute Gasteiger partial charge is 0.369 e. The molecule has 0 saturated heterocycles. The van der Waals surface area contributed by atoms with Crippen LogP contribution in [-0.2, 0) is 14.4 Å². The summed E-state index contributed by atoms with van der Waals surface area (Å²) in [6, 6.07) is 17.3. The molecule has 3 rings (SSSR count). The average Bonchev–Trinajstić information content (AvgIpc) is 2.97. The number of hydrogen-bond acceptors (Lipinski definition) is 4. The van der Waals surface area contributed by atoms with Crippen molar-refractivity contribution in [2.45, 2.75) is 46.2 Å². The van der Waals surface area contributed by atoms with Gasteiger partial charge in [-0.1, -0.05) is 75.4 Å². The van der Waals surface area contributed by atoms with E-state index in [1.165, 1.54) is 0 Å². The maximum Gasteiger partial charge on any atom is 0.272 e. The number of allylic oxidation sites excluding steroid dienone is 1. The Morgan fingerprint density at radius 3 is 2.39 bits per heavy atom. The highest BCUT2D eigenvalue weighted by molar-refractivity contribution is 6.20. The molecule has 0 aromatic heterocycles. The van der Waals surface area contributed by atoms with Gasteiger partial charge in [0.25, 0.3) is 5.91 Å². The van der Waals surface area contributed by atoms with Crippen molar-refractivity contribution in [1.82, 2.24) is 5.32 Å². The van der Waals surface area contributed by atoms with Crippen LogP contribution in [0.25, 0.3) is 0 Å². The number of nitrogens with one attached hydrogen (secondary N) is 1. The number of aliphatic imine (C=N–C) groups is 1. The number of carbonyl (C=O) groups excluding carboxylic acids is 3. The number of primary amides is 1. The maximum absolute atomic E-state index is 13.8. The third-order valence-electron chi connectivity index (χ3n) is 6.32. The summed E-state index contributed by atoms with van der Waals surface area (Å²) in [6.45, 7) is 10.2. The lowest BCUT2D eigenvalue weighted by molar-refractivity contribution is -0.135. The fraction of sp³-hybridized carbons (Fsp3) is 0.379. The van der Waals surface area contributed by atoms with Crippen LogP contribution in [0.4, 0.5) is 5.69 Å². The molecular weight excluding hydrogens is 452 g/mol. The van der Waals surface area contributed by atoms with Gasteiger partial charge in [-0.3, -0.25) is 14.4 Å². The quantitative estimate of drug-likeness (QED) is 0.466. The van der Waals surface area contributed by atoms with Crippen LogP contribution in [0.1, 0.15) is 51.2 Å². The molecule has 2 aromatic carbocycles. The molecule has 0 unspecified atom stereocenters. The summed E-state index contributed by atoms with van der Waals surface area (Å²) in [5.41, 5.74) is 8.72. The predicted octanol–water partition coefficient (Wildman–Crippen LogP) is 4.06. The summed E-state index contributed by atoms with van der Waals surface area (Å²) >= 11 is 0. The second-order valence-corrected chi connectivity index (χ2v) is 9.53. The molecule has 2 aromatic rings. The van der Waals surface area contributed by atoms with Crippen LogP contribution in [0.2, 0.25) is 0 Å².